The standard InChI is InChI=1S/C27H31N7O2.2C2HF3O2/c1-2-34-24-17-20(33-27(36)31-15-13-29)9-11-22(24)21-10-8-19(32-26(35)30-14-12-28)16-23(21)25(34)18-6-4-3-5-7-18;2*3-2(4,5)1(6)7/h3-11,16-17H,2,12-15,28-29H2,1H3,(H3,30,31,32,35,36);2*(H,6,7)/p+1. The van der Waals surface area contributed by atoms with Gasteiger partial charge in [0.05, 0.1) is 10.8 Å². The number of carboxylic acid groups (broad SMARTS) is 2. The molecule has 10 N–H and O–H groups in total. The van der Waals surface area contributed by atoms with Crippen molar-refractivity contribution in [2.45, 2.75) is 25.8 Å². The predicted molar refractivity (Wildman–Crippen MR) is 172 cm³/mol. The minimum absolute atomic E-state index is 0.296. The molecule has 50 heavy (non-hydrogen) atoms. The summed E-state index contributed by atoms with van der Waals surface area (Å²) in [5, 5.41) is 28.6. The number of nitrogens with two attached hydrogens (primary N) is 2. The molecule has 0 fully saturated rings. The number of pyridine rings is 1. The van der Waals surface area contributed by atoms with Crippen LogP contribution in [0.25, 0.3) is 32.9 Å². The van der Waals surface area contributed by atoms with Crippen LogP contribution in [0.1, 0.15) is 6.92 Å². The fourth-order valence-electron chi connectivity index (χ4n) is 4.34. The number of halogens is 6. The molecule has 0 radical (unpaired) electrons. The van der Waals surface area contributed by atoms with Crippen molar-refractivity contribution in [2.75, 3.05) is 36.8 Å². The molecule has 0 aliphatic heterocycles. The molecular weight excluding hydrogens is 680 g/mol. The topological polar surface area (TPSA) is 213 Å². The SMILES string of the molecule is CC[n+]1c(-c2ccccc2)c2cc(NC(=O)NCCN)ccc2c2ccc(NC(=O)NCCN)cc21.O=C(O)C(F)(F)F.O=C(O)C(F)(F)F. The van der Waals surface area contributed by atoms with Gasteiger partial charge in [-0.25, -0.2) is 19.2 Å². The first-order valence-electron chi connectivity index (χ1n) is 14.5. The molecule has 0 atom stereocenters. The van der Waals surface area contributed by atoms with Crippen molar-refractivity contribution >= 4 is 57.1 Å². The lowest BCUT2D eigenvalue weighted by Gasteiger charge is -2.14. The van der Waals surface area contributed by atoms with Crippen molar-refractivity contribution in [3.8, 4) is 11.3 Å². The molecule has 0 saturated carbocycles. The quantitative estimate of drug-likeness (QED) is 0.0743. The molecule has 0 bridgehead atoms. The van der Waals surface area contributed by atoms with E-state index in [1.165, 1.54) is 0 Å². The van der Waals surface area contributed by atoms with Gasteiger partial charge in [-0.05, 0) is 43.3 Å². The number of hydrogen-bond acceptors (Lipinski definition) is 6. The zero-order chi connectivity index (χ0) is 37.6. The van der Waals surface area contributed by atoms with Crippen LogP contribution in [-0.4, -0.2) is 72.7 Å². The average molecular weight is 715 g/mol. The van der Waals surface area contributed by atoms with Gasteiger partial charge in [-0.1, -0.05) is 24.3 Å². The summed E-state index contributed by atoms with van der Waals surface area (Å²) in [6.07, 6.45) is -10.2. The lowest BCUT2D eigenvalue weighted by atomic mass is 9.98. The van der Waals surface area contributed by atoms with Gasteiger partial charge in [0.1, 0.15) is 6.54 Å². The Morgan fingerprint density at radius 2 is 1.12 bits per heavy atom. The second-order valence-corrected chi connectivity index (χ2v) is 9.90. The highest BCUT2D eigenvalue weighted by molar-refractivity contribution is 6.11. The highest BCUT2D eigenvalue weighted by Crippen LogP contribution is 2.34. The van der Waals surface area contributed by atoms with Crippen LogP contribution in [0.4, 0.5) is 47.3 Å². The number of carbonyl (C=O) groups is 4. The van der Waals surface area contributed by atoms with Gasteiger partial charge < -0.3 is 42.9 Å². The predicted octanol–water partition coefficient (Wildman–Crippen LogP) is 4.39. The fourth-order valence-corrected chi connectivity index (χ4v) is 4.34. The van der Waals surface area contributed by atoms with Crippen LogP contribution in [-0.2, 0) is 16.1 Å². The van der Waals surface area contributed by atoms with Crippen molar-refractivity contribution in [1.29, 1.82) is 0 Å². The van der Waals surface area contributed by atoms with Crippen LogP contribution in [0, 0.1) is 0 Å². The van der Waals surface area contributed by atoms with Gasteiger partial charge >= 0.3 is 36.4 Å². The Bertz CT molecular complexity index is 1780. The third kappa shape index (κ3) is 11.8. The van der Waals surface area contributed by atoms with Crippen molar-refractivity contribution in [1.82, 2.24) is 10.6 Å². The third-order valence-electron chi connectivity index (χ3n) is 6.35. The summed E-state index contributed by atoms with van der Waals surface area (Å²) in [6, 6.07) is 21.3. The number of nitrogens with zero attached hydrogens (tertiary/aromatic N) is 1. The molecule has 0 aliphatic carbocycles. The van der Waals surface area contributed by atoms with Crippen molar-refractivity contribution in [2.24, 2.45) is 11.5 Å². The van der Waals surface area contributed by atoms with E-state index in [9.17, 15) is 35.9 Å². The number of benzene rings is 3. The van der Waals surface area contributed by atoms with Gasteiger partial charge in [0.2, 0.25) is 11.2 Å². The summed E-state index contributed by atoms with van der Waals surface area (Å²) >= 11 is 0. The van der Waals surface area contributed by atoms with Crippen LogP contribution in [0.15, 0.2) is 66.7 Å². The number of hydrogen-bond donors (Lipinski definition) is 8. The normalized spacial score (nSPS) is 11.0. The molecule has 4 amide bonds. The molecule has 19 heteroatoms. The Morgan fingerprint density at radius 1 is 0.680 bits per heavy atom. The number of alkyl halides is 6. The smallest absolute Gasteiger partial charge is 0.475 e. The molecule has 1 aromatic heterocycles. The molecule has 270 valence electrons. The minimum atomic E-state index is -5.08. The molecule has 0 spiro atoms. The van der Waals surface area contributed by atoms with Crippen molar-refractivity contribution in [3.05, 3.63) is 66.7 Å². The molecule has 0 saturated heterocycles. The molecule has 13 nitrogen and oxygen atoms in total. The largest absolute Gasteiger partial charge is 0.490 e. The number of amides is 4. The molecule has 4 aromatic rings. The number of aromatic nitrogens is 1. The summed E-state index contributed by atoms with van der Waals surface area (Å²) < 4.78 is 65.7. The van der Waals surface area contributed by atoms with Crippen LogP contribution in [0.5, 0.6) is 0 Å². The van der Waals surface area contributed by atoms with Gasteiger partial charge in [-0.3, -0.25) is 0 Å². The third-order valence-corrected chi connectivity index (χ3v) is 6.35. The van der Waals surface area contributed by atoms with E-state index in [-0.39, 0.29) is 12.1 Å². The van der Waals surface area contributed by atoms with Crippen LogP contribution < -0.4 is 37.3 Å². The first-order valence-corrected chi connectivity index (χ1v) is 14.5. The first kappa shape index (κ1) is 40.5. The maximum absolute atomic E-state index is 12.3. The Balaban J connectivity index is 0.000000521. The van der Waals surface area contributed by atoms with Gasteiger partial charge in [-0.15, -0.1) is 0 Å². The second-order valence-electron chi connectivity index (χ2n) is 9.90. The number of carboxylic acids is 2. The van der Waals surface area contributed by atoms with E-state index in [0.29, 0.717) is 44.1 Å². The van der Waals surface area contributed by atoms with Crippen LogP contribution in [0.2, 0.25) is 0 Å². The summed E-state index contributed by atoms with van der Waals surface area (Å²) in [6.45, 7) is 4.34. The Labute approximate surface area is 280 Å². The minimum Gasteiger partial charge on any atom is -0.475 e. The van der Waals surface area contributed by atoms with Crippen LogP contribution in [0.3, 0.4) is 0 Å². The highest BCUT2D eigenvalue weighted by Gasteiger charge is 2.39. The zero-order valence-corrected chi connectivity index (χ0v) is 26.3. The van der Waals surface area contributed by atoms with E-state index in [1.807, 2.05) is 54.6 Å². The summed E-state index contributed by atoms with van der Waals surface area (Å²) in [7, 11) is 0. The van der Waals surface area contributed by atoms with Crippen molar-refractivity contribution < 1.29 is 60.3 Å². The lowest BCUT2D eigenvalue weighted by Crippen LogP contribution is -2.37. The number of fused-ring (bicyclic) bond motifs is 3. The number of urea groups is 2. The number of aryl methyl sites for hydroxylation is 1. The first-order chi connectivity index (χ1) is 23.4. The number of nitrogens with one attached hydrogen (secondary N) is 4. The molecule has 4 rings (SSSR count). The second kappa shape index (κ2) is 18.2. The molecule has 0 unspecified atom stereocenters. The Hall–Kier alpha value is -5.69. The molecule has 3 aromatic carbocycles. The summed E-state index contributed by atoms with van der Waals surface area (Å²) in [5.74, 6) is -5.51. The van der Waals surface area contributed by atoms with E-state index in [2.05, 4.69) is 44.9 Å². The van der Waals surface area contributed by atoms with E-state index in [4.69, 9.17) is 31.3 Å². The maximum Gasteiger partial charge on any atom is 0.490 e. The van der Waals surface area contributed by atoms with Crippen molar-refractivity contribution in [3.63, 3.8) is 0 Å². The molecule has 0 aliphatic rings. The monoisotopic (exact) mass is 714 g/mol. The Kier molecular flexibility index (Phi) is 14.7. The van der Waals surface area contributed by atoms with E-state index >= 15 is 0 Å². The molecular formula is C31H34F6N7O6+. The number of rotatable bonds is 8. The number of aliphatic carboxylic acids is 2. The number of carbonyl (C=O) groups excluding carboxylic acids is 2. The van der Waals surface area contributed by atoms with E-state index < -0.39 is 24.3 Å². The maximum atomic E-state index is 12.3. The lowest BCUT2D eigenvalue weighted by molar-refractivity contribution is -0.655. The van der Waals surface area contributed by atoms with Gasteiger partial charge in [0, 0.05) is 54.6 Å². The van der Waals surface area contributed by atoms with Gasteiger partial charge in [-0.2, -0.15) is 30.9 Å². The summed E-state index contributed by atoms with van der Waals surface area (Å²) in [5.41, 5.74) is 15.4. The number of anilines is 2. The van der Waals surface area contributed by atoms with Gasteiger partial charge in [0.25, 0.3) is 0 Å². The van der Waals surface area contributed by atoms with Gasteiger partial charge in [0.15, 0.2) is 0 Å². The van der Waals surface area contributed by atoms with E-state index in [1.54, 1.807) is 0 Å². The molecule has 1 heterocycles. The summed E-state index contributed by atoms with van der Waals surface area (Å²) in [4.78, 5) is 42.3. The Morgan fingerprint density at radius 3 is 1.54 bits per heavy atom. The average Bonchev–Trinajstić information content (AvgIpc) is 3.05. The fraction of sp³-hybridized carbons (Fsp3) is 0.258. The highest BCUT2D eigenvalue weighted by atomic mass is 19.4. The van der Waals surface area contributed by atoms with Crippen LogP contribution >= 0.6 is 0 Å². The zero-order valence-electron chi connectivity index (χ0n) is 26.3. The van der Waals surface area contributed by atoms with E-state index in [0.717, 1.165) is 32.9 Å².